The van der Waals surface area contributed by atoms with Crippen LogP contribution in [0.25, 0.3) is 0 Å². The molecule has 106 valence electrons. The van der Waals surface area contributed by atoms with E-state index in [0.717, 1.165) is 0 Å². The molecule has 0 spiro atoms. The first-order valence-electron chi connectivity index (χ1n) is 5.47. The molecule has 0 fully saturated rings. The van der Waals surface area contributed by atoms with Gasteiger partial charge in [-0.1, -0.05) is 18.5 Å². The predicted octanol–water partition coefficient (Wildman–Crippen LogP) is 3.36. The molecule has 1 aromatic heterocycles. The first-order valence-corrected chi connectivity index (χ1v) is 5.85. The minimum Gasteiger partial charge on any atom is -0.478 e. The Morgan fingerprint density at radius 2 is 2.16 bits per heavy atom. The molecule has 0 saturated carbocycles. The standard InChI is InChI=1S/C11H12ClF3N2O2/c1-2-6-5-17-9(12)7(10(18)19)8(6)16-4-3-11(13,14)15/h5H,2-4H2,1H3,(H,16,17)(H,18,19). The molecular formula is C11H12ClF3N2O2. The maximum Gasteiger partial charge on any atom is 0.390 e. The molecule has 1 heterocycles. The van der Waals surface area contributed by atoms with Gasteiger partial charge in [-0.15, -0.1) is 0 Å². The third-order valence-corrected chi connectivity index (χ3v) is 2.70. The van der Waals surface area contributed by atoms with Gasteiger partial charge in [0, 0.05) is 12.7 Å². The number of aromatic nitrogens is 1. The normalized spacial score (nSPS) is 11.4. The van der Waals surface area contributed by atoms with E-state index in [9.17, 15) is 18.0 Å². The maximum absolute atomic E-state index is 12.1. The predicted molar refractivity (Wildman–Crippen MR) is 64.7 cm³/mol. The Hall–Kier alpha value is -1.50. The van der Waals surface area contributed by atoms with Gasteiger partial charge < -0.3 is 10.4 Å². The number of halogens is 4. The first-order chi connectivity index (χ1) is 8.76. The number of pyridine rings is 1. The molecule has 0 aromatic carbocycles. The number of rotatable bonds is 5. The van der Waals surface area contributed by atoms with Crippen molar-refractivity contribution in [2.45, 2.75) is 25.9 Å². The van der Waals surface area contributed by atoms with Crippen molar-refractivity contribution in [2.24, 2.45) is 0 Å². The molecule has 0 aliphatic carbocycles. The van der Waals surface area contributed by atoms with Crippen LogP contribution in [0.3, 0.4) is 0 Å². The van der Waals surface area contributed by atoms with Gasteiger partial charge in [-0.3, -0.25) is 0 Å². The van der Waals surface area contributed by atoms with Gasteiger partial charge in [0.2, 0.25) is 0 Å². The van der Waals surface area contributed by atoms with Crippen LogP contribution in [0.4, 0.5) is 18.9 Å². The lowest BCUT2D eigenvalue weighted by Gasteiger charge is -2.15. The van der Waals surface area contributed by atoms with Crippen molar-refractivity contribution in [3.63, 3.8) is 0 Å². The van der Waals surface area contributed by atoms with E-state index in [1.165, 1.54) is 6.20 Å². The van der Waals surface area contributed by atoms with Gasteiger partial charge in [0.05, 0.1) is 12.1 Å². The minimum absolute atomic E-state index is 0.0965. The molecule has 0 unspecified atom stereocenters. The van der Waals surface area contributed by atoms with Crippen LogP contribution in [0.5, 0.6) is 0 Å². The molecular weight excluding hydrogens is 285 g/mol. The number of nitrogens with zero attached hydrogens (tertiary/aromatic N) is 1. The van der Waals surface area contributed by atoms with Crippen LogP contribution < -0.4 is 5.32 Å². The average molecular weight is 297 g/mol. The quantitative estimate of drug-likeness (QED) is 0.818. The van der Waals surface area contributed by atoms with Gasteiger partial charge in [0.1, 0.15) is 10.7 Å². The molecule has 1 rings (SSSR count). The van der Waals surface area contributed by atoms with E-state index in [0.29, 0.717) is 12.0 Å². The summed E-state index contributed by atoms with van der Waals surface area (Å²) in [5, 5.41) is 11.3. The second kappa shape index (κ2) is 6.10. The molecule has 0 radical (unpaired) electrons. The summed E-state index contributed by atoms with van der Waals surface area (Å²) in [7, 11) is 0. The minimum atomic E-state index is -4.31. The summed E-state index contributed by atoms with van der Waals surface area (Å²) in [5.41, 5.74) is 0.298. The zero-order chi connectivity index (χ0) is 14.6. The Morgan fingerprint density at radius 1 is 1.53 bits per heavy atom. The van der Waals surface area contributed by atoms with Crippen LogP contribution in [0.1, 0.15) is 29.3 Å². The Balaban J connectivity index is 3.02. The van der Waals surface area contributed by atoms with E-state index in [1.54, 1.807) is 6.92 Å². The summed E-state index contributed by atoms with van der Waals surface area (Å²) >= 11 is 5.67. The lowest BCUT2D eigenvalue weighted by molar-refractivity contribution is -0.131. The van der Waals surface area contributed by atoms with Crippen molar-refractivity contribution < 1.29 is 23.1 Å². The first kappa shape index (κ1) is 15.6. The van der Waals surface area contributed by atoms with Crippen LogP contribution >= 0.6 is 11.6 Å². The fraction of sp³-hybridized carbons (Fsp3) is 0.455. The van der Waals surface area contributed by atoms with Crippen molar-refractivity contribution >= 4 is 23.3 Å². The van der Waals surface area contributed by atoms with Crippen molar-refractivity contribution in [1.29, 1.82) is 0 Å². The number of hydrogen-bond donors (Lipinski definition) is 2. The van der Waals surface area contributed by atoms with Crippen LogP contribution in [-0.4, -0.2) is 28.8 Å². The van der Waals surface area contributed by atoms with E-state index in [4.69, 9.17) is 16.7 Å². The molecule has 0 aliphatic heterocycles. The molecule has 4 nitrogen and oxygen atoms in total. The molecule has 2 N–H and O–H groups in total. The topological polar surface area (TPSA) is 62.2 Å². The summed E-state index contributed by atoms with van der Waals surface area (Å²) in [5.74, 6) is -1.33. The molecule has 0 atom stereocenters. The monoisotopic (exact) mass is 296 g/mol. The van der Waals surface area contributed by atoms with Crippen LogP contribution in [0.15, 0.2) is 6.20 Å². The van der Waals surface area contributed by atoms with Gasteiger partial charge in [-0.2, -0.15) is 13.2 Å². The number of carboxylic acid groups (broad SMARTS) is 1. The van der Waals surface area contributed by atoms with E-state index < -0.39 is 25.1 Å². The summed E-state index contributed by atoms with van der Waals surface area (Å²) in [6, 6.07) is 0. The number of anilines is 1. The Morgan fingerprint density at radius 3 is 2.63 bits per heavy atom. The average Bonchev–Trinajstić information content (AvgIpc) is 2.27. The summed E-state index contributed by atoms with van der Waals surface area (Å²) in [4.78, 5) is 14.8. The van der Waals surface area contributed by atoms with Crippen molar-refractivity contribution in [1.82, 2.24) is 4.98 Å². The van der Waals surface area contributed by atoms with Gasteiger partial charge in [0.15, 0.2) is 0 Å². The van der Waals surface area contributed by atoms with E-state index in [1.807, 2.05) is 0 Å². The molecule has 0 saturated heterocycles. The third kappa shape index (κ3) is 4.27. The largest absolute Gasteiger partial charge is 0.478 e. The van der Waals surface area contributed by atoms with E-state index in [-0.39, 0.29) is 16.4 Å². The van der Waals surface area contributed by atoms with Crippen LogP contribution in [0.2, 0.25) is 5.15 Å². The molecule has 0 amide bonds. The number of aromatic carboxylic acids is 1. The lowest BCUT2D eigenvalue weighted by Crippen LogP contribution is -2.17. The van der Waals surface area contributed by atoms with Gasteiger partial charge in [-0.25, -0.2) is 9.78 Å². The summed E-state index contributed by atoms with van der Waals surface area (Å²) in [6.07, 6.45) is -3.59. The van der Waals surface area contributed by atoms with Gasteiger partial charge in [0.25, 0.3) is 0 Å². The molecule has 8 heteroatoms. The summed E-state index contributed by atoms with van der Waals surface area (Å²) in [6.45, 7) is 1.32. The highest BCUT2D eigenvalue weighted by atomic mass is 35.5. The maximum atomic E-state index is 12.1. The molecule has 0 bridgehead atoms. The van der Waals surface area contributed by atoms with Crippen molar-refractivity contribution in [2.75, 3.05) is 11.9 Å². The SMILES string of the molecule is CCc1cnc(Cl)c(C(=O)O)c1NCCC(F)(F)F. The smallest absolute Gasteiger partial charge is 0.390 e. The van der Waals surface area contributed by atoms with Crippen LogP contribution in [-0.2, 0) is 6.42 Å². The van der Waals surface area contributed by atoms with Crippen LogP contribution in [0, 0.1) is 0 Å². The highest BCUT2D eigenvalue weighted by Gasteiger charge is 2.27. The van der Waals surface area contributed by atoms with E-state index >= 15 is 0 Å². The second-order valence-corrected chi connectivity index (χ2v) is 4.13. The highest BCUT2D eigenvalue weighted by molar-refractivity contribution is 6.33. The zero-order valence-electron chi connectivity index (χ0n) is 10.0. The van der Waals surface area contributed by atoms with Crippen molar-refractivity contribution in [3.8, 4) is 0 Å². The van der Waals surface area contributed by atoms with Crippen molar-refractivity contribution in [3.05, 3.63) is 22.5 Å². The highest BCUT2D eigenvalue weighted by Crippen LogP contribution is 2.28. The molecule has 1 aromatic rings. The fourth-order valence-corrected chi connectivity index (χ4v) is 1.75. The van der Waals surface area contributed by atoms with Gasteiger partial charge in [-0.05, 0) is 12.0 Å². The number of nitrogens with one attached hydrogen (secondary N) is 1. The zero-order valence-corrected chi connectivity index (χ0v) is 10.8. The Labute approximate surface area is 112 Å². The number of aryl methyl sites for hydroxylation is 1. The lowest BCUT2D eigenvalue weighted by atomic mass is 10.1. The fourth-order valence-electron chi connectivity index (χ4n) is 1.52. The molecule has 0 aliphatic rings. The number of carboxylic acids is 1. The number of alkyl halides is 3. The summed E-state index contributed by atoms with van der Waals surface area (Å²) < 4.78 is 36.3. The Kier molecular flexibility index (Phi) is 4.99. The number of hydrogen-bond acceptors (Lipinski definition) is 3. The Bertz CT molecular complexity index is 478. The number of carbonyl (C=O) groups is 1. The van der Waals surface area contributed by atoms with Gasteiger partial charge >= 0.3 is 12.1 Å². The van der Waals surface area contributed by atoms with E-state index in [2.05, 4.69) is 10.3 Å². The third-order valence-electron chi connectivity index (χ3n) is 2.42. The second-order valence-electron chi connectivity index (χ2n) is 3.77. The molecule has 19 heavy (non-hydrogen) atoms.